The zero-order valence-electron chi connectivity index (χ0n) is 51.5. The van der Waals surface area contributed by atoms with E-state index in [0.717, 1.165) is 38.0 Å². The Morgan fingerprint density at radius 1 is 0.727 bits per heavy atom. The van der Waals surface area contributed by atoms with Gasteiger partial charge in [-0.3, -0.25) is 19.2 Å². The van der Waals surface area contributed by atoms with Gasteiger partial charge in [0.2, 0.25) is 5.91 Å². The smallest absolute Gasteiger partial charge is 0.308 e. The van der Waals surface area contributed by atoms with Crippen LogP contribution in [0.4, 0.5) is 5.69 Å². The first-order valence-electron chi connectivity index (χ1n) is 31.2. The molecule has 3 saturated heterocycles. The van der Waals surface area contributed by atoms with E-state index in [0.29, 0.717) is 18.5 Å². The predicted molar refractivity (Wildman–Crippen MR) is 331 cm³/mol. The second-order valence-corrected chi connectivity index (χ2v) is 24.3. The number of hydrogen-bond acceptors (Lipinski definition) is 21. The van der Waals surface area contributed by atoms with Gasteiger partial charge in [0, 0.05) is 75.8 Å². The van der Waals surface area contributed by atoms with Crippen molar-refractivity contribution in [2.45, 2.75) is 215 Å². The van der Waals surface area contributed by atoms with Crippen molar-refractivity contribution in [1.29, 1.82) is 0 Å². The summed E-state index contributed by atoms with van der Waals surface area (Å²) in [5.74, 6) is -6.39. The number of aliphatic hydroxyl groups is 10. The number of benzene rings is 1. The molecule has 5 rings (SSSR count). The molecule has 3 fully saturated rings. The Morgan fingerprint density at radius 3 is 1.93 bits per heavy atom. The van der Waals surface area contributed by atoms with E-state index in [1.807, 2.05) is 38.2 Å². The predicted octanol–water partition coefficient (Wildman–Crippen LogP) is 3.26. The van der Waals surface area contributed by atoms with Gasteiger partial charge in [-0.25, -0.2) is 0 Å². The van der Waals surface area contributed by atoms with Crippen LogP contribution in [0.3, 0.4) is 0 Å². The zero-order valence-corrected chi connectivity index (χ0v) is 51.5. The van der Waals surface area contributed by atoms with Gasteiger partial charge >= 0.3 is 5.97 Å². The summed E-state index contributed by atoms with van der Waals surface area (Å²) in [6.45, 7) is 7.91. The monoisotopic (exact) mass is 1240 g/mol. The Labute approximate surface area is 518 Å². The van der Waals surface area contributed by atoms with Gasteiger partial charge < -0.3 is 91.3 Å². The number of anilines is 1. The van der Waals surface area contributed by atoms with Crippen molar-refractivity contribution >= 4 is 29.1 Å². The highest BCUT2D eigenvalue weighted by molar-refractivity contribution is 5.96. The molecule has 14 N–H and O–H groups in total. The van der Waals surface area contributed by atoms with Gasteiger partial charge in [-0.2, -0.15) is 0 Å². The van der Waals surface area contributed by atoms with Crippen LogP contribution in [0.15, 0.2) is 109 Å². The molecule has 4 aliphatic heterocycles. The number of carbonyl (C=O) groups excluding carboxylic acids is 4. The van der Waals surface area contributed by atoms with Crippen molar-refractivity contribution in [2.24, 2.45) is 23.5 Å². The summed E-state index contributed by atoms with van der Waals surface area (Å²) in [6, 6.07) is 5.79. The number of fused-ring (bicyclic) bond motifs is 2. The van der Waals surface area contributed by atoms with E-state index in [1.54, 1.807) is 99.0 Å². The summed E-state index contributed by atoms with van der Waals surface area (Å²) in [4.78, 5) is 55.8. The lowest BCUT2D eigenvalue weighted by atomic mass is 9.82. The molecule has 4 heterocycles. The highest BCUT2D eigenvalue weighted by atomic mass is 16.7. The quantitative estimate of drug-likeness (QED) is 0.0939. The second kappa shape index (κ2) is 37.9. The van der Waals surface area contributed by atoms with Crippen LogP contribution in [0.25, 0.3) is 0 Å². The minimum atomic E-state index is -2.27. The summed E-state index contributed by atoms with van der Waals surface area (Å²) in [6.07, 6.45) is 6.78. The maximum atomic E-state index is 14.1. The summed E-state index contributed by atoms with van der Waals surface area (Å²) in [5, 5.41) is 117. The fourth-order valence-corrected chi connectivity index (χ4v) is 11.7. The van der Waals surface area contributed by atoms with E-state index in [9.17, 15) is 70.2 Å². The molecule has 88 heavy (non-hydrogen) atoms. The average molecular weight is 1240 g/mol. The number of likely N-dealkylation sites (tertiary alicyclic amines) is 1. The molecule has 0 radical (unpaired) electrons. The van der Waals surface area contributed by atoms with E-state index in [2.05, 4.69) is 15.5 Å². The fraction of sp³-hybridized carbons (Fsp3) is 0.636. The first-order valence-corrected chi connectivity index (χ1v) is 31.2. The normalized spacial score (nSPS) is 34.4. The Kier molecular flexibility index (Phi) is 31.7. The Hall–Kier alpha value is -5.12. The molecule has 1 aromatic carbocycles. The number of nitrogens with one attached hydrogen (secondary N) is 2. The number of carbonyl (C=O) groups is 4. The molecule has 4 aliphatic rings. The van der Waals surface area contributed by atoms with E-state index in [4.69, 9.17) is 24.7 Å². The number of rotatable bonds is 14. The van der Waals surface area contributed by atoms with E-state index < -0.39 is 160 Å². The second-order valence-electron chi connectivity index (χ2n) is 24.3. The van der Waals surface area contributed by atoms with Crippen molar-refractivity contribution in [1.82, 2.24) is 10.2 Å². The Bertz CT molecular complexity index is 2500. The third-order valence-corrected chi connectivity index (χ3v) is 16.6. The lowest BCUT2D eigenvalue weighted by Gasteiger charge is -2.46. The van der Waals surface area contributed by atoms with Crippen LogP contribution < -0.4 is 16.4 Å². The number of ether oxygens (including phenoxy) is 4. The minimum absolute atomic E-state index is 0.101. The van der Waals surface area contributed by atoms with Crippen LogP contribution in [-0.4, -0.2) is 210 Å². The molecular formula is C66H100N4O18. The molecule has 492 valence electrons. The van der Waals surface area contributed by atoms with E-state index in [1.165, 1.54) is 0 Å². The van der Waals surface area contributed by atoms with Crippen molar-refractivity contribution in [3.05, 3.63) is 115 Å². The van der Waals surface area contributed by atoms with Crippen LogP contribution in [0.5, 0.6) is 0 Å². The first kappa shape index (κ1) is 73.6. The van der Waals surface area contributed by atoms with Gasteiger partial charge in [0.05, 0.1) is 85.5 Å². The third-order valence-electron chi connectivity index (χ3n) is 16.6. The number of hydrogen-bond donors (Lipinski definition) is 13. The molecule has 0 aromatic heterocycles. The van der Waals surface area contributed by atoms with Crippen molar-refractivity contribution in [3.8, 4) is 0 Å². The molecule has 0 spiro atoms. The Morgan fingerprint density at radius 2 is 1.31 bits per heavy atom. The first-order chi connectivity index (χ1) is 41.9. The molecule has 19 atom stereocenters. The van der Waals surface area contributed by atoms with Gasteiger partial charge in [-0.1, -0.05) is 105 Å². The van der Waals surface area contributed by atoms with Gasteiger partial charge in [0.15, 0.2) is 17.9 Å². The number of piperidine rings is 1. The molecule has 14 unspecified atom stereocenters. The lowest BCUT2D eigenvalue weighted by molar-refractivity contribution is -0.307. The molecule has 1 aromatic rings. The number of Topliss-reactive ketones (excluding diaryl/α,β-unsaturated/α-hetero) is 2. The van der Waals surface area contributed by atoms with E-state index >= 15 is 0 Å². The van der Waals surface area contributed by atoms with Crippen LogP contribution >= 0.6 is 0 Å². The highest BCUT2D eigenvalue weighted by Gasteiger charge is 2.51. The van der Waals surface area contributed by atoms with E-state index in [-0.39, 0.29) is 56.3 Å². The topological polar surface area (TPSA) is 361 Å². The van der Waals surface area contributed by atoms with Crippen LogP contribution in [0.2, 0.25) is 0 Å². The fourth-order valence-electron chi connectivity index (χ4n) is 11.7. The van der Waals surface area contributed by atoms with Crippen molar-refractivity contribution in [2.75, 3.05) is 38.5 Å². The summed E-state index contributed by atoms with van der Waals surface area (Å²) in [5.41, 5.74) is 7.48. The SMILES string of the molecule is CNc1ccc(C(=O)CC(O)CCC(C)C2OC(=O)CC(O)CC(=O)CC(O)CC(O)CC(O)CC(O)CC3(O)CC(O)C(C(=O)NCCN4CCCCC4)C(CC(O[C@@H]4O[C@H](C)[C@@H](O)[C@H](N)[C@@H]4O)C=CC=CC=CC=CC=CC=CC=CC2C)O3)cc1. The van der Waals surface area contributed by atoms with Crippen molar-refractivity contribution < 1.29 is 89.2 Å². The van der Waals surface area contributed by atoms with Gasteiger partial charge in [0.1, 0.15) is 18.0 Å². The molecule has 1 amide bonds. The number of esters is 1. The number of aliphatic hydroxyl groups excluding tert-OH is 9. The largest absolute Gasteiger partial charge is 0.461 e. The van der Waals surface area contributed by atoms with Crippen LogP contribution in [0.1, 0.15) is 127 Å². The standard InChI is InChI=1S/C66H100N4O18/c1-42-20-16-13-11-9-7-5-6-8-10-12-14-17-21-54(86-65-62(82)60(67)61(81)44(3)85-65)39-57-59(64(83)69-28-31-70-29-18-15-19-30-70)56(79)41-66(84,88-57)40-53(77)36-51(75)34-49(73)32-48(72)33-50(74)35-52(76)38-58(80)87-63(42)43(2)22-27-47(71)37-55(78)45-23-25-46(68-4)26-24-45/h5-14,16-17,20-21,23-26,42-44,47-49,51-54,56-57,59-63,65,68,71-73,75-77,79,81-82,84H,15,18-19,22,27-41,67H2,1-4H3,(H,69,83)/t42?,43?,44-,47?,48?,49?,51?,52?,53?,54?,56?,57?,59?,60+,61-,62+,63?,65+,66?/m1/s1. The summed E-state index contributed by atoms with van der Waals surface area (Å²) >= 11 is 0. The number of nitrogens with two attached hydrogens (primary N) is 1. The summed E-state index contributed by atoms with van der Waals surface area (Å²) in [7, 11) is 1.77. The molecular weight excluding hydrogens is 1140 g/mol. The number of cyclic esters (lactones) is 1. The third kappa shape index (κ3) is 25.6. The number of amides is 1. The van der Waals surface area contributed by atoms with Crippen molar-refractivity contribution in [3.63, 3.8) is 0 Å². The van der Waals surface area contributed by atoms with Crippen LogP contribution in [-0.2, 0) is 33.3 Å². The lowest BCUT2D eigenvalue weighted by Crippen LogP contribution is -2.62. The average Bonchev–Trinajstić information content (AvgIpc) is 0.946. The summed E-state index contributed by atoms with van der Waals surface area (Å²) < 4.78 is 24.4. The highest BCUT2D eigenvalue weighted by Crippen LogP contribution is 2.38. The molecule has 0 saturated carbocycles. The molecule has 22 heteroatoms. The molecule has 2 bridgehead atoms. The van der Waals surface area contributed by atoms with Gasteiger partial charge in [-0.05, 0) is 95.1 Å². The van der Waals surface area contributed by atoms with Gasteiger partial charge in [0.25, 0.3) is 0 Å². The number of ketones is 2. The maximum absolute atomic E-state index is 14.1. The zero-order chi connectivity index (χ0) is 64.3. The van der Waals surface area contributed by atoms with Gasteiger partial charge in [-0.15, -0.1) is 0 Å². The molecule has 0 aliphatic carbocycles. The molecule has 22 nitrogen and oxygen atoms in total. The number of allylic oxidation sites excluding steroid dienone is 12. The Balaban J connectivity index is 1.35. The number of nitrogens with zero attached hydrogens (tertiary/aromatic N) is 1. The van der Waals surface area contributed by atoms with Crippen LogP contribution in [0, 0.1) is 17.8 Å². The minimum Gasteiger partial charge on any atom is -0.461 e. The maximum Gasteiger partial charge on any atom is 0.308 e.